The van der Waals surface area contributed by atoms with E-state index in [1.165, 1.54) is 0 Å². The van der Waals surface area contributed by atoms with E-state index in [0.29, 0.717) is 12.3 Å². The molecule has 1 atom stereocenters. The van der Waals surface area contributed by atoms with Gasteiger partial charge in [-0.3, -0.25) is 0 Å². The van der Waals surface area contributed by atoms with E-state index in [-0.39, 0.29) is 6.04 Å². The quantitative estimate of drug-likeness (QED) is 0.798. The van der Waals surface area contributed by atoms with Crippen LogP contribution < -0.4 is 5.73 Å². The third kappa shape index (κ3) is 2.55. The fourth-order valence-electron chi connectivity index (χ4n) is 2.06. The minimum absolute atomic E-state index is 0.104. The van der Waals surface area contributed by atoms with Crippen LogP contribution in [0.4, 0.5) is 0 Å². The van der Waals surface area contributed by atoms with Crippen molar-refractivity contribution in [3.05, 3.63) is 64.5 Å². The van der Waals surface area contributed by atoms with Gasteiger partial charge >= 0.3 is 0 Å². The van der Waals surface area contributed by atoms with Crippen LogP contribution in [0.1, 0.15) is 17.5 Å². The maximum atomic E-state index is 6.18. The zero-order chi connectivity index (χ0) is 13.2. The second-order valence-corrected chi connectivity index (χ2v) is 5.27. The van der Waals surface area contributed by atoms with Crippen LogP contribution in [0.2, 0.25) is 0 Å². The molecular formula is C15H13BrN2O. The summed E-state index contributed by atoms with van der Waals surface area (Å²) in [7, 11) is 0. The van der Waals surface area contributed by atoms with E-state index in [4.69, 9.17) is 10.2 Å². The van der Waals surface area contributed by atoms with Crippen molar-refractivity contribution in [3.63, 3.8) is 0 Å². The molecule has 2 aromatic carbocycles. The molecule has 1 aromatic heterocycles. The van der Waals surface area contributed by atoms with E-state index in [1.54, 1.807) is 0 Å². The lowest BCUT2D eigenvalue weighted by Crippen LogP contribution is -2.13. The first-order valence-electron chi connectivity index (χ1n) is 6.08. The van der Waals surface area contributed by atoms with Crippen molar-refractivity contribution in [2.24, 2.45) is 5.73 Å². The molecule has 0 aliphatic carbocycles. The number of fused-ring (bicyclic) bond motifs is 1. The Hall–Kier alpha value is -1.65. The summed E-state index contributed by atoms with van der Waals surface area (Å²) in [5, 5.41) is 0. The molecule has 2 N–H and O–H groups in total. The Labute approximate surface area is 119 Å². The molecule has 0 saturated heterocycles. The summed E-state index contributed by atoms with van der Waals surface area (Å²) >= 11 is 3.46. The van der Waals surface area contributed by atoms with Crippen LogP contribution >= 0.6 is 15.9 Å². The Morgan fingerprint density at radius 2 is 1.89 bits per heavy atom. The molecule has 0 aliphatic heterocycles. The molecule has 3 aromatic rings. The Bertz CT molecular complexity index is 694. The maximum absolute atomic E-state index is 6.18. The van der Waals surface area contributed by atoms with Gasteiger partial charge in [0.05, 0.1) is 4.47 Å². The molecule has 0 aliphatic rings. The van der Waals surface area contributed by atoms with Gasteiger partial charge in [-0.15, -0.1) is 0 Å². The molecule has 3 nitrogen and oxygen atoms in total. The number of hydrogen-bond donors (Lipinski definition) is 1. The van der Waals surface area contributed by atoms with Crippen molar-refractivity contribution in [2.75, 3.05) is 0 Å². The van der Waals surface area contributed by atoms with Crippen molar-refractivity contribution >= 4 is 27.0 Å². The van der Waals surface area contributed by atoms with Crippen LogP contribution in [0.25, 0.3) is 11.1 Å². The molecule has 3 rings (SSSR count). The Balaban J connectivity index is 1.88. The molecule has 0 fully saturated rings. The van der Waals surface area contributed by atoms with Crippen LogP contribution in [0.3, 0.4) is 0 Å². The number of hydrogen-bond acceptors (Lipinski definition) is 3. The number of benzene rings is 2. The van der Waals surface area contributed by atoms with Gasteiger partial charge in [0, 0.05) is 12.5 Å². The lowest BCUT2D eigenvalue weighted by molar-refractivity contribution is 0.501. The van der Waals surface area contributed by atoms with Gasteiger partial charge in [-0.2, -0.15) is 0 Å². The number of para-hydroxylation sites is 1. The molecule has 1 heterocycles. The van der Waals surface area contributed by atoms with Crippen molar-refractivity contribution in [3.8, 4) is 0 Å². The highest BCUT2D eigenvalue weighted by Gasteiger charge is 2.13. The maximum Gasteiger partial charge on any atom is 0.197 e. The molecule has 0 saturated carbocycles. The standard InChI is InChI=1S/C15H13BrN2O/c16-11-7-4-8-13-15(11)19-14(18-13)9-12(17)10-5-2-1-3-6-10/h1-8,12H,9,17H2. The summed E-state index contributed by atoms with van der Waals surface area (Å²) in [4.78, 5) is 4.46. The highest BCUT2D eigenvalue weighted by atomic mass is 79.9. The average molecular weight is 317 g/mol. The summed E-state index contributed by atoms with van der Waals surface area (Å²) in [6.45, 7) is 0. The van der Waals surface area contributed by atoms with E-state index in [9.17, 15) is 0 Å². The van der Waals surface area contributed by atoms with Gasteiger partial charge < -0.3 is 10.2 Å². The van der Waals surface area contributed by atoms with Gasteiger partial charge in [-0.1, -0.05) is 36.4 Å². The van der Waals surface area contributed by atoms with Gasteiger partial charge in [0.25, 0.3) is 0 Å². The van der Waals surface area contributed by atoms with Gasteiger partial charge in [0.15, 0.2) is 11.5 Å². The van der Waals surface area contributed by atoms with Crippen LogP contribution in [0.15, 0.2) is 57.4 Å². The molecule has 0 amide bonds. The minimum atomic E-state index is -0.104. The zero-order valence-corrected chi connectivity index (χ0v) is 11.8. The van der Waals surface area contributed by atoms with Gasteiger partial charge in [0.2, 0.25) is 0 Å². The van der Waals surface area contributed by atoms with E-state index < -0.39 is 0 Å². The van der Waals surface area contributed by atoms with E-state index in [2.05, 4.69) is 20.9 Å². The lowest BCUT2D eigenvalue weighted by atomic mass is 10.1. The highest BCUT2D eigenvalue weighted by Crippen LogP contribution is 2.26. The zero-order valence-electron chi connectivity index (χ0n) is 10.2. The Morgan fingerprint density at radius 3 is 2.63 bits per heavy atom. The van der Waals surface area contributed by atoms with Crippen LogP contribution in [-0.4, -0.2) is 4.98 Å². The number of oxazole rings is 1. The molecule has 96 valence electrons. The molecule has 0 radical (unpaired) electrons. The predicted molar refractivity (Wildman–Crippen MR) is 78.8 cm³/mol. The number of nitrogens with zero attached hydrogens (tertiary/aromatic N) is 1. The van der Waals surface area contributed by atoms with Crippen molar-refractivity contribution in [2.45, 2.75) is 12.5 Å². The molecular weight excluding hydrogens is 304 g/mol. The monoisotopic (exact) mass is 316 g/mol. The first kappa shape index (κ1) is 12.4. The first-order chi connectivity index (χ1) is 9.24. The fraction of sp³-hybridized carbons (Fsp3) is 0.133. The van der Waals surface area contributed by atoms with Crippen LogP contribution in [0.5, 0.6) is 0 Å². The van der Waals surface area contributed by atoms with Crippen molar-refractivity contribution in [1.82, 2.24) is 4.98 Å². The first-order valence-corrected chi connectivity index (χ1v) is 6.88. The fourth-order valence-corrected chi connectivity index (χ4v) is 2.49. The average Bonchev–Trinajstić information content (AvgIpc) is 2.84. The Kier molecular flexibility index (Phi) is 3.36. The van der Waals surface area contributed by atoms with Crippen molar-refractivity contribution in [1.29, 1.82) is 0 Å². The molecule has 4 heteroatoms. The summed E-state index contributed by atoms with van der Waals surface area (Å²) < 4.78 is 6.67. The largest absolute Gasteiger partial charge is 0.439 e. The second kappa shape index (κ2) is 5.15. The van der Waals surface area contributed by atoms with Crippen LogP contribution in [0, 0.1) is 0 Å². The highest BCUT2D eigenvalue weighted by molar-refractivity contribution is 9.10. The van der Waals surface area contributed by atoms with E-state index in [0.717, 1.165) is 21.1 Å². The summed E-state index contributed by atoms with van der Waals surface area (Å²) in [6.07, 6.45) is 0.588. The molecule has 19 heavy (non-hydrogen) atoms. The van der Waals surface area contributed by atoms with Crippen molar-refractivity contribution < 1.29 is 4.42 Å². The minimum Gasteiger partial charge on any atom is -0.439 e. The number of halogens is 1. The van der Waals surface area contributed by atoms with E-state index >= 15 is 0 Å². The third-order valence-electron chi connectivity index (χ3n) is 3.03. The third-order valence-corrected chi connectivity index (χ3v) is 3.66. The van der Waals surface area contributed by atoms with Gasteiger partial charge in [-0.05, 0) is 33.6 Å². The normalized spacial score (nSPS) is 12.7. The molecule has 0 bridgehead atoms. The number of nitrogens with two attached hydrogens (primary N) is 1. The smallest absolute Gasteiger partial charge is 0.197 e. The molecule has 1 unspecified atom stereocenters. The number of rotatable bonds is 3. The van der Waals surface area contributed by atoms with E-state index in [1.807, 2.05) is 48.5 Å². The SMILES string of the molecule is NC(Cc1nc2cccc(Br)c2o1)c1ccccc1. The topological polar surface area (TPSA) is 52.0 Å². The predicted octanol–water partition coefficient (Wildman–Crippen LogP) is 3.83. The van der Waals surface area contributed by atoms with Crippen LogP contribution in [-0.2, 0) is 6.42 Å². The summed E-state index contributed by atoms with van der Waals surface area (Å²) in [5.74, 6) is 0.665. The Morgan fingerprint density at radius 1 is 1.11 bits per heavy atom. The van der Waals surface area contributed by atoms with Gasteiger partial charge in [0.1, 0.15) is 5.52 Å². The lowest BCUT2D eigenvalue weighted by Gasteiger charge is -2.08. The summed E-state index contributed by atoms with van der Waals surface area (Å²) in [6, 6.07) is 15.7. The molecule has 0 spiro atoms. The summed E-state index contributed by atoms with van der Waals surface area (Å²) in [5.41, 5.74) is 8.89. The second-order valence-electron chi connectivity index (χ2n) is 4.42. The van der Waals surface area contributed by atoms with Gasteiger partial charge in [-0.25, -0.2) is 4.98 Å². The number of aromatic nitrogens is 1.